The molecule has 0 spiro atoms. The number of aryl methyl sites for hydroxylation is 5. The van der Waals surface area contributed by atoms with Gasteiger partial charge in [-0.3, -0.25) is 0 Å². The van der Waals surface area contributed by atoms with Crippen molar-refractivity contribution in [3.8, 4) is 23.7 Å². The highest BCUT2D eigenvalue weighted by molar-refractivity contribution is 5.54. The molecule has 0 saturated heterocycles. The van der Waals surface area contributed by atoms with Crippen LogP contribution in [0.5, 0.6) is 0 Å². The molecule has 2 aromatic rings. The topological polar surface area (TPSA) is 0 Å². The van der Waals surface area contributed by atoms with Crippen molar-refractivity contribution >= 4 is 0 Å². The van der Waals surface area contributed by atoms with Gasteiger partial charge < -0.3 is 0 Å². The summed E-state index contributed by atoms with van der Waals surface area (Å²) < 4.78 is 0. The summed E-state index contributed by atoms with van der Waals surface area (Å²) in [5.74, 6) is 12.8. The Morgan fingerprint density at radius 2 is 0.864 bits per heavy atom. The van der Waals surface area contributed by atoms with Crippen molar-refractivity contribution in [2.45, 2.75) is 41.5 Å². The highest BCUT2D eigenvalue weighted by atomic mass is 14.1. The third kappa shape index (κ3) is 3.41. The molecule has 0 aliphatic carbocycles. The summed E-state index contributed by atoms with van der Waals surface area (Å²) in [7, 11) is 0. The monoisotopic (exact) mass is 286 g/mol. The van der Waals surface area contributed by atoms with Crippen LogP contribution in [-0.4, -0.2) is 0 Å². The first-order chi connectivity index (χ1) is 10.4. The lowest BCUT2D eigenvalue weighted by molar-refractivity contribution is 1.28. The normalized spacial score (nSPS) is 9.55. The van der Waals surface area contributed by atoms with E-state index in [9.17, 15) is 0 Å². The Balaban J connectivity index is 2.46. The van der Waals surface area contributed by atoms with Crippen LogP contribution in [0.4, 0.5) is 0 Å². The van der Waals surface area contributed by atoms with Gasteiger partial charge in [-0.15, -0.1) is 5.92 Å². The molecule has 0 saturated carbocycles. The van der Waals surface area contributed by atoms with Crippen LogP contribution in [0.3, 0.4) is 0 Å². The SMILES string of the molecule is CC#Cc1cc(C)c(C#Cc2cc(C)c(C)cc2C)cc1C. The molecule has 0 fully saturated rings. The van der Waals surface area contributed by atoms with Gasteiger partial charge in [-0.2, -0.15) is 0 Å². The van der Waals surface area contributed by atoms with Crippen LogP contribution in [0.1, 0.15) is 51.4 Å². The predicted octanol–water partition coefficient (Wildman–Crippen LogP) is 5.00. The standard InChI is InChI=1S/C22H22/c1-7-8-20-13-19(6)22(14-18(20)5)10-9-21-12-16(3)15(2)11-17(21)4/h11-14H,1-6H3. The largest absolute Gasteiger partial charge is 0.101 e. The van der Waals surface area contributed by atoms with E-state index in [-0.39, 0.29) is 0 Å². The van der Waals surface area contributed by atoms with Crippen LogP contribution in [0.2, 0.25) is 0 Å². The van der Waals surface area contributed by atoms with Crippen LogP contribution in [0.15, 0.2) is 24.3 Å². The zero-order valence-corrected chi connectivity index (χ0v) is 14.3. The number of hydrogen-bond donors (Lipinski definition) is 0. The lowest BCUT2D eigenvalue weighted by Gasteiger charge is -2.05. The zero-order valence-electron chi connectivity index (χ0n) is 14.3. The van der Waals surface area contributed by atoms with Gasteiger partial charge in [0, 0.05) is 16.7 Å². The summed E-state index contributed by atoms with van der Waals surface area (Å²) in [4.78, 5) is 0. The molecule has 0 amide bonds. The summed E-state index contributed by atoms with van der Waals surface area (Å²) in [6.07, 6.45) is 0. The molecule has 0 atom stereocenters. The molecule has 2 rings (SSSR count). The second kappa shape index (κ2) is 6.55. The van der Waals surface area contributed by atoms with Crippen molar-refractivity contribution in [1.29, 1.82) is 0 Å². The summed E-state index contributed by atoms with van der Waals surface area (Å²) in [5.41, 5.74) is 9.48. The first-order valence-electron chi connectivity index (χ1n) is 7.56. The van der Waals surface area contributed by atoms with Crippen LogP contribution in [0.25, 0.3) is 0 Å². The van der Waals surface area contributed by atoms with Crippen LogP contribution in [-0.2, 0) is 0 Å². The maximum atomic E-state index is 3.33. The molecule has 0 aliphatic rings. The molecule has 0 radical (unpaired) electrons. The van der Waals surface area contributed by atoms with Crippen molar-refractivity contribution < 1.29 is 0 Å². The Bertz CT molecular complexity index is 844. The second-order valence-electron chi connectivity index (χ2n) is 5.86. The minimum absolute atomic E-state index is 1.08. The quantitative estimate of drug-likeness (QED) is 0.598. The Labute approximate surface area is 134 Å². The molecule has 110 valence electrons. The van der Waals surface area contributed by atoms with Crippen molar-refractivity contribution in [2.24, 2.45) is 0 Å². The van der Waals surface area contributed by atoms with Crippen molar-refractivity contribution in [1.82, 2.24) is 0 Å². The molecule has 0 heterocycles. The van der Waals surface area contributed by atoms with E-state index in [0.717, 1.165) is 16.7 Å². The molecule has 0 unspecified atom stereocenters. The smallest absolute Gasteiger partial charge is 0.0281 e. The van der Waals surface area contributed by atoms with Gasteiger partial charge in [0.2, 0.25) is 0 Å². The summed E-state index contributed by atoms with van der Waals surface area (Å²) in [6.45, 7) is 12.4. The zero-order chi connectivity index (χ0) is 16.3. The van der Waals surface area contributed by atoms with Crippen molar-refractivity contribution in [2.75, 3.05) is 0 Å². The fraction of sp³-hybridized carbons (Fsp3) is 0.273. The molecule has 2 aromatic carbocycles. The molecule has 0 nitrogen and oxygen atoms in total. The molecular weight excluding hydrogens is 264 g/mol. The summed E-state index contributed by atoms with van der Waals surface area (Å²) >= 11 is 0. The first-order valence-corrected chi connectivity index (χ1v) is 7.56. The molecule has 0 aromatic heterocycles. The number of benzene rings is 2. The van der Waals surface area contributed by atoms with Crippen LogP contribution in [0, 0.1) is 58.3 Å². The Hall–Kier alpha value is -2.44. The van der Waals surface area contributed by atoms with E-state index in [1.165, 1.54) is 27.8 Å². The van der Waals surface area contributed by atoms with Gasteiger partial charge in [0.15, 0.2) is 0 Å². The summed E-state index contributed by atoms with van der Waals surface area (Å²) in [6, 6.07) is 8.65. The van der Waals surface area contributed by atoms with E-state index in [0.29, 0.717) is 0 Å². The average molecular weight is 286 g/mol. The van der Waals surface area contributed by atoms with Crippen molar-refractivity contribution in [3.05, 3.63) is 68.8 Å². The third-order valence-corrected chi connectivity index (χ3v) is 4.00. The lowest BCUT2D eigenvalue weighted by atomic mass is 9.98. The minimum Gasteiger partial charge on any atom is -0.101 e. The fourth-order valence-corrected chi connectivity index (χ4v) is 2.45. The van der Waals surface area contributed by atoms with Gasteiger partial charge in [-0.25, -0.2) is 0 Å². The summed E-state index contributed by atoms with van der Waals surface area (Å²) in [5, 5.41) is 0. The highest BCUT2D eigenvalue weighted by Gasteiger charge is 2.02. The van der Waals surface area contributed by atoms with Gasteiger partial charge in [0.05, 0.1) is 0 Å². The highest BCUT2D eigenvalue weighted by Crippen LogP contribution is 2.17. The molecular formula is C22H22. The lowest BCUT2D eigenvalue weighted by Crippen LogP contribution is -1.91. The van der Waals surface area contributed by atoms with Gasteiger partial charge in [-0.05, 0) is 87.6 Å². The van der Waals surface area contributed by atoms with Gasteiger partial charge in [0.1, 0.15) is 0 Å². The second-order valence-corrected chi connectivity index (χ2v) is 5.86. The number of rotatable bonds is 0. The maximum absolute atomic E-state index is 3.33. The van der Waals surface area contributed by atoms with E-state index in [1.54, 1.807) is 0 Å². The van der Waals surface area contributed by atoms with E-state index in [4.69, 9.17) is 0 Å². The first kappa shape index (κ1) is 15.9. The van der Waals surface area contributed by atoms with Gasteiger partial charge >= 0.3 is 0 Å². The Morgan fingerprint density at radius 3 is 1.36 bits per heavy atom. The molecule has 22 heavy (non-hydrogen) atoms. The molecule has 0 bridgehead atoms. The molecule has 0 N–H and O–H groups in total. The minimum atomic E-state index is 1.08. The maximum Gasteiger partial charge on any atom is 0.0281 e. The third-order valence-electron chi connectivity index (χ3n) is 4.00. The van der Waals surface area contributed by atoms with E-state index in [2.05, 4.69) is 82.6 Å². The molecule has 0 aliphatic heterocycles. The van der Waals surface area contributed by atoms with E-state index in [1.807, 2.05) is 6.92 Å². The predicted molar refractivity (Wildman–Crippen MR) is 95.1 cm³/mol. The van der Waals surface area contributed by atoms with Crippen LogP contribution < -0.4 is 0 Å². The molecule has 0 heteroatoms. The van der Waals surface area contributed by atoms with E-state index < -0.39 is 0 Å². The van der Waals surface area contributed by atoms with Crippen molar-refractivity contribution in [3.63, 3.8) is 0 Å². The Morgan fingerprint density at radius 1 is 0.500 bits per heavy atom. The van der Waals surface area contributed by atoms with Gasteiger partial charge in [-0.1, -0.05) is 23.8 Å². The average Bonchev–Trinajstić information content (AvgIpc) is 2.46. The fourth-order valence-electron chi connectivity index (χ4n) is 2.45. The van der Waals surface area contributed by atoms with Crippen LogP contribution >= 0.6 is 0 Å². The van der Waals surface area contributed by atoms with E-state index >= 15 is 0 Å². The van der Waals surface area contributed by atoms with Gasteiger partial charge in [0.25, 0.3) is 0 Å². The Kier molecular flexibility index (Phi) is 4.75. The number of hydrogen-bond acceptors (Lipinski definition) is 0.